The van der Waals surface area contributed by atoms with Crippen molar-refractivity contribution in [3.8, 4) is 0 Å². The van der Waals surface area contributed by atoms with Gasteiger partial charge < -0.3 is 10.1 Å². The number of nitrogens with one attached hydrogen (secondary N) is 1. The highest BCUT2D eigenvalue weighted by Gasteiger charge is 2.09. The van der Waals surface area contributed by atoms with Gasteiger partial charge in [-0.05, 0) is 28.5 Å². The van der Waals surface area contributed by atoms with Crippen molar-refractivity contribution in [3.05, 3.63) is 58.0 Å². The molecule has 1 amide bonds. The zero-order valence-corrected chi connectivity index (χ0v) is 12.0. The second kappa shape index (κ2) is 7.54. The minimum Gasteiger partial charge on any atom is -0.455 e. The maximum Gasteiger partial charge on any atom is 0.310 e. The van der Waals surface area contributed by atoms with Gasteiger partial charge in [-0.2, -0.15) is 11.3 Å². The molecule has 1 aromatic carbocycles. The number of amides is 1. The van der Waals surface area contributed by atoms with E-state index in [1.54, 1.807) is 18.2 Å². The number of rotatable bonds is 6. The summed E-state index contributed by atoms with van der Waals surface area (Å²) in [5.41, 5.74) is 1.24. The van der Waals surface area contributed by atoms with Gasteiger partial charge in [-0.3, -0.25) is 9.59 Å². The summed E-state index contributed by atoms with van der Waals surface area (Å²) in [5.74, 6) is -1.31. The summed E-state index contributed by atoms with van der Waals surface area (Å²) >= 11 is 1.49. The Hall–Kier alpha value is -2.21. The summed E-state index contributed by atoms with van der Waals surface area (Å²) in [5, 5.41) is 6.21. The van der Waals surface area contributed by atoms with Crippen LogP contribution in [0.1, 0.15) is 11.1 Å². The van der Waals surface area contributed by atoms with Crippen LogP contribution in [-0.4, -0.2) is 18.5 Å². The molecule has 0 bridgehead atoms. The molecule has 21 heavy (non-hydrogen) atoms. The van der Waals surface area contributed by atoms with E-state index in [1.165, 1.54) is 17.4 Å². The molecule has 0 aliphatic heterocycles. The quantitative estimate of drug-likeness (QED) is 0.833. The first-order chi connectivity index (χ1) is 10.1. The summed E-state index contributed by atoms with van der Waals surface area (Å²) in [7, 11) is 0. The Kier molecular flexibility index (Phi) is 5.45. The highest BCUT2D eigenvalue weighted by molar-refractivity contribution is 7.07. The molecular formula is C15H14FNO3S. The van der Waals surface area contributed by atoms with E-state index in [4.69, 9.17) is 4.74 Å². The molecule has 1 aromatic heterocycles. The van der Waals surface area contributed by atoms with Crippen LogP contribution in [-0.2, 0) is 27.3 Å². The smallest absolute Gasteiger partial charge is 0.310 e. The predicted molar refractivity (Wildman–Crippen MR) is 77.2 cm³/mol. The maximum atomic E-state index is 13.3. The molecule has 0 saturated carbocycles. The molecule has 0 aliphatic rings. The van der Waals surface area contributed by atoms with Crippen LogP contribution in [0.25, 0.3) is 0 Å². The molecule has 2 aromatic rings. The molecule has 0 saturated heterocycles. The van der Waals surface area contributed by atoms with Gasteiger partial charge in [0.05, 0.1) is 6.42 Å². The van der Waals surface area contributed by atoms with Gasteiger partial charge in [-0.25, -0.2) is 4.39 Å². The molecule has 4 nitrogen and oxygen atoms in total. The SMILES string of the molecule is O=C(COC(=O)Cc1ccsc1)NCc1ccccc1F. The lowest BCUT2D eigenvalue weighted by Gasteiger charge is -2.07. The minimum atomic E-state index is -0.463. The van der Waals surface area contributed by atoms with E-state index in [2.05, 4.69) is 5.32 Å². The standard InChI is InChI=1S/C15H14FNO3S/c16-13-4-2-1-3-12(13)8-17-14(18)9-20-15(19)7-11-5-6-21-10-11/h1-6,10H,7-9H2,(H,17,18). The van der Waals surface area contributed by atoms with Crippen LogP contribution in [0.4, 0.5) is 4.39 Å². The summed E-state index contributed by atoms with van der Waals surface area (Å²) in [4.78, 5) is 23.0. The van der Waals surface area contributed by atoms with Crippen LogP contribution in [0.5, 0.6) is 0 Å². The topological polar surface area (TPSA) is 55.4 Å². The van der Waals surface area contributed by atoms with Gasteiger partial charge in [0.1, 0.15) is 5.82 Å². The molecule has 0 atom stereocenters. The van der Waals surface area contributed by atoms with Crippen LogP contribution in [0, 0.1) is 5.82 Å². The predicted octanol–water partition coefficient (Wildman–Crippen LogP) is 2.29. The lowest BCUT2D eigenvalue weighted by Crippen LogP contribution is -2.29. The van der Waals surface area contributed by atoms with Crippen molar-refractivity contribution in [1.82, 2.24) is 5.32 Å². The summed E-state index contributed by atoms with van der Waals surface area (Å²) in [6.45, 7) is -0.301. The van der Waals surface area contributed by atoms with Gasteiger partial charge in [-0.15, -0.1) is 0 Å². The van der Waals surface area contributed by atoms with Crippen LogP contribution < -0.4 is 5.32 Å². The molecule has 1 N–H and O–H groups in total. The number of halogens is 1. The van der Waals surface area contributed by atoms with E-state index < -0.39 is 11.9 Å². The van der Waals surface area contributed by atoms with Crippen molar-refractivity contribution in [2.45, 2.75) is 13.0 Å². The molecule has 6 heteroatoms. The number of carbonyl (C=O) groups is 2. The van der Waals surface area contributed by atoms with Gasteiger partial charge >= 0.3 is 5.97 Å². The Labute approximate surface area is 125 Å². The number of esters is 1. The third kappa shape index (κ3) is 5.00. The van der Waals surface area contributed by atoms with Crippen molar-refractivity contribution in [3.63, 3.8) is 0 Å². The van der Waals surface area contributed by atoms with E-state index in [9.17, 15) is 14.0 Å². The molecule has 0 unspecified atom stereocenters. The van der Waals surface area contributed by atoms with Crippen LogP contribution in [0.3, 0.4) is 0 Å². The first-order valence-electron chi connectivity index (χ1n) is 6.32. The van der Waals surface area contributed by atoms with E-state index in [0.717, 1.165) is 5.56 Å². The van der Waals surface area contributed by atoms with Crippen molar-refractivity contribution in [1.29, 1.82) is 0 Å². The fourth-order valence-corrected chi connectivity index (χ4v) is 2.31. The van der Waals surface area contributed by atoms with Gasteiger partial charge in [0.2, 0.25) is 0 Å². The Balaban J connectivity index is 1.70. The molecule has 110 valence electrons. The molecule has 2 rings (SSSR count). The van der Waals surface area contributed by atoms with Gasteiger partial charge in [-0.1, -0.05) is 18.2 Å². The number of hydrogen-bond donors (Lipinski definition) is 1. The van der Waals surface area contributed by atoms with Crippen LogP contribution >= 0.6 is 11.3 Å². The Morgan fingerprint density at radius 2 is 2.05 bits per heavy atom. The second-order valence-corrected chi connectivity index (χ2v) is 5.12. The van der Waals surface area contributed by atoms with Gasteiger partial charge in [0.25, 0.3) is 5.91 Å². The lowest BCUT2D eigenvalue weighted by atomic mass is 10.2. The number of ether oxygens (including phenoxy) is 1. The fourth-order valence-electron chi connectivity index (χ4n) is 1.64. The van der Waals surface area contributed by atoms with Crippen molar-refractivity contribution >= 4 is 23.2 Å². The monoisotopic (exact) mass is 307 g/mol. The first kappa shape index (κ1) is 15.2. The Morgan fingerprint density at radius 3 is 2.76 bits per heavy atom. The molecule has 0 fully saturated rings. The number of benzene rings is 1. The molecular weight excluding hydrogens is 293 g/mol. The summed E-state index contributed by atoms with van der Waals surface area (Å²) in [6.07, 6.45) is 0.143. The van der Waals surface area contributed by atoms with Crippen LogP contribution in [0.15, 0.2) is 41.1 Å². The minimum absolute atomic E-state index is 0.0631. The van der Waals surface area contributed by atoms with E-state index in [0.29, 0.717) is 5.56 Å². The maximum absolute atomic E-state index is 13.3. The Bertz CT molecular complexity index is 613. The Morgan fingerprint density at radius 1 is 1.24 bits per heavy atom. The van der Waals surface area contributed by atoms with Gasteiger partial charge in [0.15, 0.2) is 6.61 Å². The third-order valence-corrected chi connectivity index (χ3v) is 3.46. The normalized spacial score (nSPS) is 10.1. The largest absolute Gasteiger partial charge is 0.455 e. The third-order valence-electron chi connectivity index (χ3n) is 2.73. The highest BCUT2D eigenvalue weighted by atomic mass is 32.1. The van der Waals surface area contributed by atoms with Crippen molar-refractivity contribution in [2.24, 2.45) is 0 Å². The molecule has 1 heterocycles. The molecule has 0 aliphatic carbocycles. The van der Waals surface area contributed by atoms with E-state index in [1.807, 2.05) is 16.8 Å². The lowest BCUT2D eigenvalue weighted by molar-refractivity contribution is -0.147. The van der Waals surface area contributed by atoms with Gasteiger partial charge in [0, 0.05) is 12.1 Å². The second-order valence-electron chi connectivity index (χ2n) is 4.34. The number of carbonyl (C=O) groups excluding carboxylic acids is 2. The molecule has 0 radical (unpaired) electrons. The first-order valence-corrected chi connectivity index (χ1v) is 7.26. The summed E-state index contributed by atoms with van der Waals surface area (Å²) in [6, 6.07) is 7.99. The highest BCUT2D eigenvalue weighted by Crippen LogP contribution is 2.07. The fraction of sp³-hybridized carbons (Fsp3) is 0.200. The average molecular weight is 307 g/mol. The zero-order chi connectivity index (χ0) is 15.1. The number of thiophene rings is 1. The number of hydrogen-bond acceptors (Lipinski definition) is 4. The van der Waals surface area contributed by atoms with Crippen molar-refractivity contribution < 1.29 is 18.7 Å². The van der Waals surface area contributed by atoms with E-state index in [-0.39, 0.29) is 25.4 Å². The van der Waals surface area contributed by atoms with E-state index >= 15 is 0 Å². The molecule has 0 spiro atoms. The summed E-state index contributed by atoms with van der Waals surface area (Å²) < 4.78 is 18.2. The van der Waals surface area contributed by atoms with Crippen molar-refractivity contribution in [2.75, 3.05) is 6.61 Å². The average Bonchev–Trinajstić information content (AvgIpc) is 2.97. The van der Waals surface area contributed by atoms with Crippen LogP contribution in [0.2, 0.25) is 0 Å². The zero-order valence-electron chi connectivity index (χ0n) is 11.2.